The van der Waals surface area contributed by atoms with Gasteiger partial charge in [0, 0.05) is 5.02 Å². The molecule has 0 atom stereocenters. The van der Waals surface area contributed by atoms with Crippen molar-refractivity contribution >= 4 is 69.7 Å². The summed E-state index contributed by atoms with van der Waals surface area (Å²) < 4.78 is 11.6. The number of primary amides is 1. The van der Waals surface area contributed by atoms with Gasteiger partial charge in [-0.1, -0.05) is 17.7 Å². The maximum Gasteiger partial charge on any atom is 0.335 e. The van der Waals surface area contributed by atoms with Crippen molar-refractivity contribution in [3.63, 3.8) is 0 Å². The molecule has 1 aliphatic rings. The first-order valence-corrected chi connectivity index (χ1v) is 11.1. The van der Waals surface area contributed by atoms with E-state index in [-0.39, 0.29) is 17.9 Å². The zero-order valence-corrected chi connectivity index (χ0v) is 20.5. The summed E-state index contributed by atoms with van der Waals surface area (Å²) in [6.45, 7) is 3.40. The van der Waals surface area contributed by atoms with E-state index in [2.05, 4.69) is 5.32 Å². The first-order chi connectivity index (χ1) is 15.6. The van der Waals surface area contributed by atoms with Crippen LogP contribution in [-0.2, 0) is 14.4 Å². The number of amides is 5. The average molecular weight is 584 g/mol. The van der Waals surface area contributed by atoms with E-state index < -0.39 is 23.8 Å². The summed E-state index contributed by atoms with van der Waals surface area (Å²) in [5.74, 6) is -1.66. The van der Waals surface area contributed by atoms with Gasteiger partial charge in [0.2, 0.25) is 0 Å². The number of carbonyl (C=O) groups is 4. The molecular formula is C22H19ClIN3O6. The maximum atomic E-state index is 13.2. The zero-order valence-electron chi connectivity index (χ0n) is 17.6. The molecule has 0 aromatic heterocycles. The molecule has 0 aliphatic carbocycles. The van der Waals surface area contributed by atoms with E-state index in [0.29, 0.717) is 37.8 Å². The summed E-state index contributed by atoms with van der Waals surface area (Å²) in [6.07, 6.45) is 1.35. The molecule has 0 unspecified atom stereocenters. The molecule has 172 valence electrons. The highest BCUT2D eigenvalue weighted by molar-refractivity contribution is 14.1. The van der Waals surface area contributed by atoms with E-state index >= 15 is 0 Å². The van der Waals surface area contributed by atoms with Gasteiger partial charge >= 0.3 is 6.03 Å². The number of nitrogens with two attached hydrogens (primary N) is 1. The monoisotopic (exact) mass is 583 g/mol. The second-order valence-electron chi connectivity index (χ2n) is 6.86. The number of nitrogens with one attached hydrogen (secondary N) is 1. The van der Waals surface area contributed by atoms with Gasteiger partial charge in [-0.2, -0.15) is 0 Å². The summed E-state index contributed by atoms with van der Waals surface area (Å²) in [5, 5.41) is 2.55. The number of barbiturate groups is 1. The van der Waals surface area contributed by atoms with Crippen molar-refractivity contribution in [2.24, 2.45) is 5.73 Å². The Labute approximate surface area is 208 Å². The summed E-state index contributed by atoms with van der Waals surface area (Å²) in [7, 11) is 0. The van der Waals surface area contributed by atoms with Crippen LogP contribution in [0, 0.1) is 10.5 Å². The molecule has 33 heavy (non-hydrogen) atoms. The van der Waals surface area contributed by atoms with E-state index in [4.69, 9.17) is 26.8 Å². The fraction of sp³-hybridized carbons (Fsp3) is 0.182. The van der Waals surface area contributed by atoms with Crippen molar-refractivity contribution < 1.29 is 28.7 Å². The van der Waals surface area contributed by atoms with Crippen molar-refractivity contribution in [2.45, 2.75) is 13.8 Å². The first-order valence-electron chi connectivity index (χ1n) is 9.68. The maximum absolute atomic E-state index is 13.2. The van der Waals surface area contributed by atoms with E-state index in [1.807, 2.05) is 22.6 Å². The third-order valence-electron chi connectivity index (χ3n) is 4.58. The van der Waals surface area contributed by atoms with Crippen LogP contribution in [0.5, 0.6) is 11.5 Å². The van der Waals surface area contributed by atoms with Crippen LogP contribution in [0.15, 0.2) is 35.9 Å². The SMILES string of the molecule is CCOc1cc(/C=C2\C(=O)NC(=O)N(c3cccc(Cl)c3C)C2=O)cc(I)c1OCC(N)=O. The van der Waals surface area contributed by atoms with Crippen molar-refractivity contribution in [1.82, 2.24) is 5.32 Å². The molecule has 1 heterocycles. The van der Waals surface area contributed by atoms with Crippen LogP contribution < -0.4 is 25.4 Å². The van der Waals surface area contributed by atoms with Gasteiger partial charge in [-0.3, -0.25) is 19.7 Å². The van der Waals surface area contributed by atoms with Crippen LogP contribution in [0.4, 0.5) is 10.5 Å². The van der Waals surface area contributed by atoms with Crippen LogP contribution in [0.2, 0.25) is 5.02 Å². The molecule has 3 rings (SSSR count). The molecule has 2 aromatic rings. The molecule has 5 amide bonds. The van der Waals surface area contributed by atoms with Crippen LogP contribution in [0.1, 0.15) is 18.1 Å². The number of halogens is 2. The zero-order chi connectivity index (χ0) is 24.3. The van der Waals surface area contributed by atoms with Crippen molar-refractivity contribution in [3.05, 3.63) is 55.6 Å². The van der Waals surface area contributed by atoms with Crippen LogP contribution in [-0.4, -0.2) is 37.0 Å². The van der Waals surface area contributed by atoms with E-state index in [0.717, 1.165) is 4.90 Å². The predicted molar refractivity (Wildman–Crippen MR) is 130 cm³/mol. The van der Waals surface area contributed by atoms with Crippen molar-refractivity contribution in [3.8, 4) is 11.5 Å². The lowest BCUT2D eigenvalue weighted by Crippen LogP contribution is -2.54. The van der Waals surface area contributed by atoms with Gasteiger partial charge in [0.25, 0.3) is 17.7 Å². The number of nitrogens with zero attached hydrogens (tertiary/aromatic N) is 1. The van der Waals surface area contributed by atoms with Gasteiger partial charge in [-0.25, -0.2) is 9.69 Å². The number of ether oxygens (including phenoxy) is 2. The number of carbonyl (C=O) groups excluding carboxylic acids is 4. The minimum atomic E-state index is -0.868. The molecule has 0 spiro atoms. The van der Waals surface area contributed by atoms with Gasteiger partial charge in [0.15, 0.2) is 18.1 Å². The van der Waals surface area contributed by atoms with Crippen molar-refractivity contribution in [2.75, 3.05) is 18.1 Å². The lowest BCUT2D eigenvalue weighted by Gasteiger charge is -2.27. The summed E-state index contributed by atoms with van der Waals surface area (Å²) in [4.78, 5) is 50.1. The Morgan fingerprint density at radius 2 is 1.97 bits per heavy atom. The van der Waals surface area contributed by atoms with Gasteiger partial charge in [-0.15, -0.1) is 0 Å². The minimum Gasteiger partial charge on any atom is -0.490 e. The average Bonchev–Trinajstić information content (AvgIpc) is 2.73. The third-order valence-corrected chi connectivity index (χ3v) is 5.79. The lowest BCUT2D eigenvalue weighted by atomic mass is 10.1. The van der Waals surface area contributed by atoms with Gasteiger partial charge < -0.3 is 15.2 Å². The molecule has 0 bridgehead atoms. The Bertz CT molecular complexity index is 1200. The predicted octanol–water partition coefficient (Wildman–Crippen LogP) is 3.18. The Morgan fingerprint density at radius 3 is 2.64 bits per heavy atom. The highest BCUT2D eigenvalue weighted by Crippen LogP contribution is 2.35. The molecule has 0 radical (unpaired) electrons. The van der Waals surface area contributed by atoms with E-state index in [1.54, 1.807) is 44.2 Å². The number of imide groups is 2. The number of benzene rings is 2. The second kappa shape index (κ2) is 10.2. The topological polar surface area (TPSA) is 128 Å². The summed E-state index contributed by atoms with van der Waals surface area (Å²) in [5.41, 5.74) is 6.13. The molecule has 1 saturated heterocycles. The molecule has 9 nitrogen and oxygen atoms in total. The van der Waals surface area contributed by atoms with E-state index in [9.17, 15) is 19.2 Å². The Kier molecular flexibility index (Phi) is 7.59. The molecule has 1 aliphatic heterocycles. The Hall–Kier alpha value is -3.12. The van der Waals surface area contributed by atoms with Gasteiger partial charge in [0.05, 0.1) is 15.9 Å². The summed E-state index contributed by atoms with van der Waals surface area (Å²) in [6, 6.07) is 7.12. The number of hydrogen-bond donors (Lipinski definition) is 2. The molecule has 3 N–H and O–H groups in total. The quantitative estimate of drug-likeness (QED) is 0.293. The summed E-state index contributed by atoms with van der Waals surface area (Å²) >= 11 is 8.12. The highest BCUT2D eigenvalue weighted by Gasteiger charge is 2.37. The molecular weight excluding hydrogens is 565 g/mol. The minimum absolute atomic E-state index is 0.252. The van der Waals surface area contributed by atoms with Crippen molar-refractivity contribution in [1.29, 1.82) is 0 Å². The molecule has 0 saturated carbocycles. The molecule has 1 fully saturated rings. The largest absolute Gasteiger partial charge is 0.490 e. The van der Waals surface area contributed by atoms with Gasteiger partial charge in [0.1, 0.15) is 5.57 Å². The smallest absolute Gasteiger partial charge is 0.335 e. The number of anilines is 1. The number of hydrogen-bond acceptors (Lipinski definition) is 6. The standard InChI is InChI=1S/C22H19ClIN3O6/c1-3-32-17-9-12(8-15(24)19(17)33-10-18(25)28)7-13-20(29)26-22(31)27(21(13)30)16-6-4-5-14(23)11(16)2/h4-9H,3,10H2,1-2H3,(H2,25,28)(H,26,29,31)/b13-7+. The Balaban J connectivity index is 2.04. The number of rotatable bonds is 7. The second-order valence-corrected chi connectivity index (χ2v) is 8.43. The number of urea groups is 1. The fourth-order valence-corrected chi connectivity index (χ4v) is 4.05. The Morgan fingerprint density at radius 1 is 1.24 bits per heavy atom. The van der Waals surface area contributed by atoms with E-state index in [1.165, 1.54) is 6.08 Å². The highest BCUT2D eigenvalue weighted by atomic mass is 127. The lowest BCUT2D eigenvalue weighted by molar-refractivity contribution is -0.123. The van der Waals surface area contributed by atoms with Crippen LogP contribution >= 0.6 is 34.2 Å². The molecule has 11 heteroatoms. The van der Waals surface area contributed by atoms with Crippen LogP contribution in [0.3, 0.4) is 0 Å². The molecule has 2 aromatic carbocycles. The third kappa shape index (κ3) is 5.28. The first kappa shape index (κ1) is 24.5. The van der Waals surface area contributed by atoms with Crippen LogP contribution in [0.25, 0.3) is 6.08 Å². The van der Waals surface area contributed by atoms with Gasteiger partial charge in [-0.05, 0) is 77.9 Å². The normalized spacial score (nSPS) is 15.0. The fourth-order valence-electron chi connectivity index (χ4n) is 3.10.